The molecule has 0 atom stereocenters. The molecule has 0 spiro atoms. The van der Waals surface area contributed by atoms with E-state index in [4.69, 9.17) is 14.2 Å². The van der Waals surface area contributed by atoms with Gasteiger partial charge in [0.1, 0.15) is 0 Å². The Balaban J connectivity index is 0.00000220. The van der Waals surface area contributed by atoms with Crippen molar-refractivity contribution in [2.75, 3.05) is 46.4 Å². The van der Waals surface area contributed by atoms with E-state index < -0.39 is 0 Å². The highest BCUT2D eigenvalue weighted by Gasteiger charge is 2.29. The Hall–Kier alpha value is -1.66. The quantitative estimate of drug-likeness (QED) is 0.887. The van der Waals surface area contributed by atoms with Gasteiger partial charge in [-0.2, -0.15) is 0 Å². The molecule has 0 unspecified atom stereocenters. The Labute approximate surface area is 130 Å². The molecule has 0 aliphatic carbocycles. The molecule has 1 aromatic rings. The van der Waals surface area contributed by atoms with Gasteiger partial charge in [0.05, 0.1) is 32.9 Å². The van der Waals surface area contributed by atoms with Crippen LogP contribution >= 0.6 is 12.4 Å². The minimum absolute atomic E-state index is 0. The molecular weight excluding hydrogens is 296 g/mol. The van der Waals surface area contributed by atoms with Crippen molar-refractivity contribution in [1.29, 1.82) is 0 Å². The second-order valence-corrected chi connectivity index (χ2v) is 4.64. The van der Waals surface area contributed by atoms with Gasteiger partial charge in [-0.1, -0.05) is 0 Å². The zero-order valence-corrected chi connectivity index (χ0v) is 13.5. The molecule has 1 N–H and O–H groups in total. The van der Waals surface area contributed by atoms with Crippen LogP contribution in [0.2, 0.25) is 0 Å². The first-order valence-electron chi connectivity index (χ1n) is 6.40. The lowest BCUT2D eigenvalue weighted by molar-refractivity contribution is -0.123. The summed E-state index contributed by atoms with van der Waals surface area (Å²) in [5.74, 6) is 1.71. The van der Waals surface area contributed by atoms with Crippen LogP contribution in [-0.2, 0) is 4.79 Å². The van der Waals surface area contributed by atoms with Gasteiger partial charge in [0.25, 0.3) is 0 Å². The van der Waals surface area contributed by atoms with Gasteiger partial charge in [-0.25, -0.2) is 0 Å². The van der Waals surface area contributed by atoms with E-state index in [2.05, 4.69) is 5.32 Å². The number of nitrogens with zero attached hydrogens (tertiary/aromatic N) is 1. The van der Waals surface area contributed by atoms with Crippen LogP contribution < -0.4 is 24.4 Å². The fourth-order valence-electron chi connectivity index (χ4n) is 2.13. The molecule has 0 saturated carbocycles. The number of rotatable bonds is 5. The maximum absolute atomic E-state index is 12.3. The molecule has 7 heteroatoms. The van der Waals surface area contributed by atoms with Crippen LogP contribution in [0.15, 0.2) is 12.1 Å². The lowest BCUT2D eigenvalue weighted by atomic mass is 10.0. The summed E-state index contributed by atoms with van der Waals surface area (Å²) in [7, 11) is 6.41. The highest BCUT2D eigenvalue weighted by molar-refractivity contribution is 5.96. The summed E-state index contributed by atoms with van der Waals surface area (Å²) in [5, 5.41) is 3.09. The van der Waals surface area contributed by atoms with Crippen molar-refractivity contribution in [3.05, 3.63) is 12.1 Å². The standard InChI is InChI=1S/C14H20N2O4.ClH/c1-16(14(17)9-7-15-8-9)10-5-11(18-2)13(20-4)12(6-10)19-3;/h5-6,9,15H,7-8H2,1-4H3;1H. The smallest absolute Gasteiger partial charge is 0.232 e. The Kier molecular flexibility index (Phi) is 6.11. The number of ether oxygens (including phenoxy) is 3. The van der Waals surface area contributed by atoms with E-state index in [1.807, 2.05) is 0 Å². The third-order valence-corrected chi connectivity index (χ3v) is 3.50. The summed E-state index contributed by atoms with van der Waals surface area (Å²) >= 11 is 0. The number of methoxy groups -OCH3 is 3. The second-order valence-electron chi connectivity index (χ2n) is 4.64. The summed E-state index contributed by atoms with van der Waals surface area (Å²) in [4.78, 5) is 13.9. The molecule has 2 rings (SSSR count). The third kappa shape index (κ3) is 3.33. The molecule has 0 radical (unpaired) electrons. The van der Waals surface area contributed by atoms with Crippen molar-refractivity contribution < 1.29 is 19.0 Å². The second kappa shape index (κ2) is 7.38. The molecule has 0 bridgehead atoms. The van der Waals surface area contributed by atoms with E-state index in [-0.39, 0.29) is 24.2 Å². The highest BCUT2D eigenvalue weighted by Crippen LogP contribution is 2.41. The predicted molar refractivity (Wildman–Crippen MR) is 83.1 cm³/mol. The van der Waals surface area contributed by atoms with Crippen molar-refractivity contribution in [1.82, 2.24) is 5.32 Å². The topological polar surface area (TPSA) is 60.0 Å². The Morgan fingerprint density at radius 2 is 1.67 bits per heavy atom. The molecule has 21 heavy (non-hydrogen) atoms. The maximum atomic E-state index is 12.3. The van der Waals surface area contributed by atoms with Crippen molar-refractivity contribution in [3.63, 3.8) is 0 Å². The van der Waals surface area contributed by atoms with Crippen molar-refractivity contribution in [2.45, 2.75) is 0 Å². The number of anilines is 1. The lowest BCUT2D eigenvalue weighted by Gasteiger charge is -2.30. The van der Waals surface area contributed by atoms with Gasteiger partial charge in [0.2, 0.25) is 11.7 Å². The summed E-state index contributed by atoms with van der Waals surface area (Å²) in [6, 6.07) is 3.54. The van der Waals surface area contributed by atoms with Gasteiger partial charge in [0, 0.05) is 32.3 Å². The number of carbonyl (C=O) groups excluding carboxylic acids is 1. The van der Waals surface area contributed by atoms with Crippen LogP contribution in [0.25, 0.3) is 0 Å². The average molecular weight is 317 g/mol. The number of hydrogen-bond acceptors (Lipinski definition) is 5. The first kappa shape index (κ1) is 17.4. The van der Waals surface area contributed by atoms with Gasteiger partial charge in [-0.15, -0.1) is 12.4 Å². The van der Waals surface area contributed by atoms with E-state index in [9.17, 15) is 4.79 Å². The summed E-state index contributed by atoms with van der Waals surface area (Å²) in [6.45, 7) is 1.46. The minimum atomic E-state index is 0. The molecule has 1 heterocycles. The molecule has 1 saturated heterocycles. The molecule has 1 aromatic carbocycles. The van der Waals surface area contributed by atoms with E-state index in [1.54, 1.807) is 45.4 Å². The fraction of sp³-hybridized carbons (Fsp3) is 0.500. The zero-order chi connectivity index (χ0) is 14.7. The van der Waals surface area contributed by atoms with Crippen LogP contribution in [0.1, 0.15) is 0 Å². The zero-order valence-electron chi connectivity index (χ0n) is 12.6. The number of halogens is 1. The first-order chi connectivity index (χ1) is 9.62. The van der Waals surface area contributed by atoms with E-state index in [0.717, 1.165) is 18.8 Å². The van der Waals surface area contributed by atoms with Gasteiger partial charge in [0.15, 0.2) is 11.5 Å². The van der Waals surface area contributed by atoms with Crippen LogP contribution in [0.3, 0.4) is 0 Å². The van der Waals surface area contributed by atoms with Crippen LogP contribution in [0.5, 0.6) is 17.2 Å². The predicted octanol–water partition coefficient (Wildman–Crippen LogP) is 1.32. The van der Waals surface area contributed by atoms with Gasteiger partial charge in [-0.3, -0.25) is 4.79 Å². The lowest BCUT2D eigenvalue weighted by Crippen LogP contribution is -2.51. The van der Waals surface area contributed by atoms with E-state index in [0.29, 0.717) is 17.2 Å². The van der Waals surface area contributed by atoms with E-state index in [1.165, 1.54) is 0 Å². The van der Waals surface area contributed by atoms with Crippen molar-refractivity contribution in [2.24, 2.45) is 5.92 Å². The van der Waals surface area contributed by atoms with Crippen LogP contribution in [-0.4, -0.2) is 47.4 Å². The average Bonchev–Trinajstić information content (AvgIpc) is 2.42. The third-order valence-electron chi connectivity index (χ3n) is 3.50. The summed E-state index contributed by atoms with van der Waals surface area (Å²) in [5.41, 5.74) is 0.719. The summed E-state index contributed by atoms with van der Waals surface area (Å²) < 4.78 is 15.9. The minimum Gasteiger partial charge on any atom is -0.493 e. The molecule has 1 fully saturated rings. The highest BCUT2D eigenvalue weighted by atomic mass is 35.5. The number of carbonyl (C=O) groups is 1. The number of nitrogens with one attached hydrogen (secondary N) is 1. The molecular formula is C14H21ClN2O4. The summed E-state index contributed by atoms with van der Waals surface area (Å²) in [6.07, 6.45) is 0. The number of benzene rings is 1. The number of hydrogen-bond donors (Lipinski definition) is 1. The molecule has 1 amide bonds. The van der Waals surface area contributed by atoms with Gasteiger partial charge >= 0.3 is 0 Å². The van der Waals surface area contributed by atoms with Crippen molar-refractivity contribution in [3.8, 4) is 17.2 Å². The first-order valence-corrected chi connectivity index (χ1v) is 6.40. The largest absolute Gasteiger partial charge is 0.493 e. The van der Waals surface area contributed by atoms with Crippen LogP contribution in [0.4, 0.5) is 5.69 Å². The Morgan fingerprint density at radius 1 is 1.14 bits per heavy atom. The number of amides is 1. The van der Waals surface area contributed by atoms with Gasteiger partial charge in [-0.05, 0) is 0 Å². The fourth-order valence-corrected chi connectivity index (χ4v) is 2.13. The van der Waals surface area contributed by atoms with Gasteiger partial charge < -0.3 is 24.4 Å². The molecule has 1 aliphatic rings. The SMILES string of the molecule is COc1cc(N(C)C(=O)C2CNC2)cc(OC)c1OC.Cl. The monoisotopic (exact) mass is 316 g/mol. The van der Waals surface area contributed by atoms with Crippen molar-refractivity contribution >= 4 is 24.0 Å². The molecule has 0 aromatic heterocycles. The molecule has 118 valence electrons. The Morgan fingerprint density at radius 3 is 2.00 bits per heavy atom. The molecule has 1 aliphatic heterocycles. The van der Waals surface area contributed by atoms with Crippen LogP contribution in [0, 0.1) is 5.92 Å². The maximum Gasteiger partial charge on any atom is 0.232 e. The normalized spacial score (nSPS) is 13.7. The van der Waals surface area contributed by atoms with E-state index >= 15 is 0 Å². The Bertz CT molecular complexity index is 481. The molecule has 6 nitrogen and oxygen atoms in total.